The molecule has 6 nitrogen and oxygen atoms in total. The molecule has 0 aliphatic heterocycles. The number of hydrogen-bond acceptors (Lipinski definition) is 6. The van der Waals surface area contributed by atoms with E-state index in [9.17, 15) is 9.90 Å². The number of aromatic nitrogens is 2. The first kappa shape index (κ1) is 21.6. The summed E-state index contributed by atoms with van der Waals surface area (Å²) < 4.78 is 5.31. The molecule has 0 spiro atoms. The van der Waals surface area contributed by atoms with Gasteiger partial charge in [0, 0.05) is 30.1 Å². The second-order valence-corrected chi connectivity index (χ2v) is 8.35. The zero-order valence-corrected chi connectivity index (χ0v) is 18.3. The largest absolute Gasteiger partial charge is 0.389 e. The lowest BCUT2D eigenvalue weighted by Crippen LogP contribution is -2.39. The number of rotatable bonds is 9. The van der Waals surface area contributed by atoms with E-state index < -0.39 is 6.10 Å². The van der Waals surface area contributed by atoms with Crippen LogP contribution in [0.3, 0.4) is 0 Å². The first-order valence-corrected chi connectivity index (χ1v) is 10.8. The van der Waals surface area contributed by atoms with Crippen molar-refractivity contribution < 1.29 is 9.84 Å². The van der Waals surface area contributed by atoms with E-state index in [1.54, 1.807) is 0 Å². The summed E-state index contributed by atoms with van der Waals surface area (Å²) in [6.07, 6.45) is -0.581. The molecule has 2 N–H and O–H groups in total. The van der Waals surface area contributed by atoms with Crippen molar-refractivity contribution in [3.8, 4) is 11.1 Å². The van der Waals surface area contributed by atoms with Crippen molar-refractivity contribution in [2.24, 2.45) is 0 Å². The number of hydrogen-bond donors (Lipinski definition) is 2. The Kier molecular flexibility index (Phi) is 7.18. The van der Waals surface area contributed by atoms with Crippen molar-refractivity contribution in [2.75, 3.05) is 19.8 Å². The fourth-order valence-electron chi connectivity index (χ4n) is 3.37. The standard InChI is InChI=1S/C22H29N3O3S/c1-5-28-12-16(26)10-25(14(2)3)11-19-23-21(27)20-18(13-29-22(20)24-19)17-9-7-6-8-15(17)4/h6-9,13-14,16,26H,5,10-12H2,1-4H3,(H,23,24,27). The Balaban J connectivity index is 1.88. The minimum absolute atomic E-state index is 0.122. The quantitative estimate of drug-likeness (QED) is 0.559. The highest BCUT2D eigenvalue weighted by Crippen LogP contribution is 2.32. The molecule has 0 amide bonds. The SMILES string of the molecule is CCOCC(O)CN(Cc1nc2scc(-c3ccccc3C)c2c(=O)[nH]1)C(C)C. The molecule has 0 bridgehead atoms. The maximum absolute atomic E-state index is 12.9. The highest BCUT2D eigenvalue weighted by atomic mass is 32.1. The molecule has 2 aromatic heterocycles. The van der Waals surface area contributed by atoms with E-state index in [2.05, 4.69) is 23.7 Å². The van der Waals surface area contributed by atoms with Crippen LogP contribution in [0.5, 0.6) is 0 Å². The summed E-state index contributed by atoms with van der Waals surface area (Å²) in [5, 5.41) is 12.8. The second kappa shape index (κ2) is 9.63. The van der Waals surface area contributed by atoms with Gasteiger partial charge in [0.1, 0.15) is 10.7 Å². The molecule has 3 aromatic rings. The van der Waals surface area contributed by atoms with Gasteiger partial charge in [-0.25, -0.2) is 4.98 Å². The number of fused-ring (bicyclic) bond motifs is 1. The van der Waals surface area contributed by atoms with Crippen molar-refractivity contribution >= 4 is 21.6 Å². The van der Waals surface area contributed by atoms with Crippen molar-refractivity contribution in [3.63, 3.8) is 0 Å². The number of aliphatic hydroxyl groups is 1. The lowest BCUT2D eigenvalue weighted by molar-refractivity contribution is 0.0127. The van der Waals surface area contributed by atoms with Gasteiger partial charge in [-0.3, -0.25) is 9.69 Å². The predicted molar refractivity (Wildman–Crippen MR) is 118 cm³/mol. The molecule has 0 saturated carbocycles. The van der Waals surface area contributed by atoms with Crippen LogP contribution in [-0.2, 0) is 11.3 Å². The summed E-state index contributed by atoms with van der Waals surface area (Å²) in [4.78, 5) is 23.4. The van der Waals surface area contributed by atoms with Crippen LogP contribution in [0.15, 0.2) is 34.4 Å². The number of aliphatic hydroxyl groups excluding tert-OH is 1. The van der Waals surface area contributed by atoms with Crippen LogP contribution in [0.4, 0.5) is 0 Å². The van der Waals surface area contributed by atoms with Crippen LogP contribution in [0.1, 0.15) is 32.2 Å². The van der Waals surface area contributed by atoms with E-state index in [0.717, 1.165) is 21.5 Å². The topological polar surface area (TPSA) is 78.5 Å². The van der Waals surface area contributed by atoms with E-state index in [-0.39, 0.29) is 11.6 Å². The fraction of sp³-hybridized carbons (Fsp3) is 0.455. The minimum atomic E-state index is -0.581. The second-order valence-electron chi connectivity index (χ2n) is 7.49. The zero-order chi connectivity index (χ0) is 21.0. The Morgan fingerprint density at radius 2 is 2.03 bits per heavy atom. The average molecular weight is 416 g/mol. The molecule has 0 saturated heterocycles. The van der Waals surface area contributed by atoms with Crippen LogP contribution in [0.2, 0.25) is 0 Å². The summed E-state index contributed by atoms with van der Waals surface area (Å²) in [7, 11) is 0. The molecular formula is C22H29N3O3S. The van der Waals surface area contributed by atoms with Gasteiger partial charge in [0.2, 0.25) is 0 Å². The zero-order valence-electron chi connectivity index (χ0n) is 17.4. The molecule has 0 radical (unpaired) electrons. The average Bonchev–Trinajstić information content (AvgIpc) is 3.10. The Bertz CT molecular complexity index is 1010. The molecule has 3 rings (SSSR count). The normalized spacial score (nSPS) is 12.9. The summed E-state index contributed by atoms with van der Waals surface area (Å²) >= 11 is 1.49. The molecule has 2 heterocycles. The number of thiophene rings is 1. The smallest absolute Gasteiger partial charge is 0.260 e. The molecule has 7 heteroatoms. The molecular weight excluding hydrogens is 386 g/mol. The van der Waals surface area contributed by atoms with Crippen LogP contribution < -0.4 is 5.56 Å². The maximum Gasteiger partial charge on any atom is 0.260 e. The van der Waals surface area contributed by atoms with Gasteiger partial charge < -0.3 is 14.8 Å². The van der Waals surface area contributed by atoms with Crippen molar-refractivity contribution in [1.82, 2.24) is 14.9 Å². The molecule has 1 atom stereocenters. The van der Waals surface area contributed by atoms with Crippen molar-refractivity contribution in [2.45, 2.75) is 46.4 Å². The molecule has 1 unspecified atom stereocenters. The number of aryl methyl sites for hydroxylation is 1. The lowest BCUT2D eigenvalue weighted by Gasteiger charge is -2.28. The van der Waals surface area contributed by atoms with Gasteiger partial charge in [-0.15, -0.1) is 11.3 Å². The van der Waals surface area contributed by atoms with Gasteiger partial charge >= 0.3 is 0 Å². The number of ether oxygens (including phenoxy) is 1. The first-order valence-electron chi connectivity index (χ1n) is 9.97. The summed E-state index contributed by atoms with van der Waals surface area (Å²) in [6.45, 7) is 9.87. The van der Waals surface area contributed by atoms with Crippen molar-refractivity contribution in [1.29, 1.82) is 0 Å². The Morgan fingerprint density at radius 3 is 2.72 bits per heavy atom. The van der Waals surface area contributed by atoms with Gasteiger partial charge in [0.15, 0.2) is 0 Å². The van der Waals surface area contributed by atoms with Crippen molar-refractivity contribution in [3.05, 3.63) is 51.4 Å². The van der Waals surface area contributed by atoms with Crippen LogP contribution in [0.25, 0.3) is 21.3 Å². The Labute approximate surface area is 175 Å². The summed E-state index contributed by atoms with van der Waals surface area (Å²) in [6, 6.07) is 8.25. The van der Waals surface area contributed by atoms with E-state index >= 15 is 0 Å². The van der Waals surface area contributed by atoms with E-state index in [4.69, 9.17) is 9.72 Å². The van der Waals surface area contributed by atoms with Gasteiger partial charge in [-0.1, -0.05) is 24.3 Å². The third kappa shape index (κ3) is 5.11. The van der Waals surface area contributed by atoms with E-state index in [1.165, 1.54) is 11.3 Å². The van der Waals surface area contributed by atoms with Gasteiger partial charge in [-0.2, -0.15) is 0 Å². The molecule has 29 heavy (non-hydrogen) atoms. The number of aromatic amines is 1. The van der Waals surface area contributed by atoms with Gasteiger partial charge in [0.05, 0.1) is 24.6 Å². The number of H-pyrrole nitrogens is 1. The molecule has 0 aliphatic rings. The van der Waals surface area contributed by atoms with Crippen LogP contribution in [0, 0.1) is 6.92 Å². The number of nitrogens with zero attached hydrogens (tertiary/aromatic N) is 2. The van der Waals surface area contributed by atoms with Gasteiger partial charge in [0.25, 0.3) is 5.56 Å². The molecule has 156 valence electrons. The van der Waals surface area contributed by atoms with E-state index in [1.807, 2.05) is 43.5 Å². The van der Waals surface area contributed by atoms with E-state index in [0.29, 0.717) is 37.5 Å². The molecule has 0 fully saturated rings. The molecule has 1 aromatic carbocycles. The Hall–Kier alpha value is -2.06. The molecule has 0 aliphatic carbocycles. The highest BCUT2D eigenvalue weighted by Gasteiger charge is 2.19. The number of nitrogens with one attached hydrogen (secondary N) is 1. The number of benzene rings is 1. The fourth-order valence-corrected chi connectivity index (χ4v) is 4.33. The monoisotopic (exact) mass is 415 g/mol. The third-order valence-corrected chi connectivity index (χ3v) is 5.84. The summed E-state index contributed by atoms with van der Waals surface area (Å²) in [5.74, 6) is 0.609. The maximum atomic E-state index is 12.9. The predicted octanol–water partition coefficient (Wildman–Crippen LogP) is 3.57. The first-order chi connectivity index (χ1) is 13.9. The lowest BCUT2D eigenvalue weighted by atomic mass is 10.0. The van der Waals surface area contributed by atoms with Crippen LogP contribution >= 0.6 is 11.3 Å². The third-order valence-electron chi connectivity index (χ3n) is 4.97. The van der Waals surface area contributed by atoms with Crippen LogP contribution in [-0.4, -0.2) is 51.9 Å². The minimum Gasteiger partial charge on any atom is -0.389 e. The van der Waals surface area contributed by atoms with Gasteiger partial charge in [-0.05, 0) is 38.8 Å². The highest BCUT2D eigenvalue weighted by molar-refractivity contribution is 7.17. The Morgan fingerprint density at radius 1 is 1.28 bits per heavy atom. The summed E-state index contributed by atoms with van der Waals surface area (Å²) in [5.41, 5.74) is 2.99.